The number of carbonyl (C=O) groups excluding carboxylic acids is 1. The van der Waals surface area contributed by atoms with Crippen molar-refractivity contribution in [1.82, 2.24) is 15.2 Å². The Balaban J connectivity index is 1.63. The van der Waals surface area contributed by atoms with Crippen LogP contribution in [0.4, 0.5) is 0 Å². The number of hydrogen-bond acceptors (Lipinski definition) is 4. The molecule has 0 aromatic carbocycles. The summed E-state index contributed by atoms with van der Waals surface area (Å²) in [5.74, 6) is 0.306. The van der Waals surface area contributed by atoms with Gasteiger partial charge in [0.2, 0.25) is 5.91 Å². The molecule has 0 aliphatic carbocycles. The molecule has 1 amide bonds. The molecule has 0 unspecified atom stereocenters. The van der Waals surface area contributed by atoms with Crippen LogP contribution < -0.4 is 5.32 Å². The summed E-state index contributed by atoms with van der Waals surface area (Å²) in [6, 6.07) is 0.837. The Hall–Kier alpha value is -0.940. The highest BCUT2D eigenvalue weighted by molar-refractivity contribution is 7.09. The molecule has 1 N–H and O–H groups in total. The van der Waals surface area contributed by atoms with Crippen LogP contribution >= 0.6 is 11.3 Å². The second-order valence-electron chi connectivity index (χ2n) is 4.84. The summed E-state index contributed by atoms with van der Waals surface area (Å²) in [5.41, 5.74) is 1.08. The number of thiazole rings is 1. The zero-order valence-corrected chi connectivity index (χ0v) is 10.8. The summed E-state index contributed by atoms with van der Waals surface area (Å²) in [5, 5.41) is 6.62. The number of likely N-dealkylation sites (tertiary alicyclic amines) is 1. The second-order valence-corrected chi connectivity index (χ2v) is 5.78. The first-order valence-electron chi connectivity index (χ1n) is 6.18. The molecule has 2 saturated heterocycles. The molecule has 2 aliphatic heterocycles. The van der Waals surface area contributed by atoms with Gasteiger partial charge in [-0.05, 0) is 19.9 Å². The Kier molecular flexibility index (Phi) is 2.88. The molecule has 2 aliphatic rings. The molecular formula is C12H17N3OS. The van der Waals surface area contributed by atoms with Gasteiger partial charge in [-0.2, -0.15) is 0 Å². The fraction of sp³-hybridized carbons (Fsp3) is 0.667. The van der Waals surface area contributed by atoms with Crippen molar-refractivity contribution in [2.75, 3.05) is 13.1 Å². The van der Waals surface area contributed by atoms with Crippen LogP contribution in [-0.4, -0.2) is 41.0 Å². The summed E-state index contributed by atoms with van der Waals surface area (Å²) < 4.78 is 0. The van der Waals surface area contributed by atoms with Gasteiger partial charge < -0.3 is 10.2 Å². The molecule has 1 aromatic heterocycles. The van der Waals surface area contributed by atoms with Crippen LogP contribution in [-0.2, 0) is 11.2 Å². The standard InChI is InChI=1S/C12H17N3OS/c1-8-7-17-11(14-8)3-5-15-10-2-4-13-9(10)6-12(15)16/h7,9-10,13H,2-6H2,1H3/t9-,10-/m1/s1. The Morgan fingerprint density at radius 1 is 1.65 bits per heavy atom. The zero-order chi connectivity index (χ0) is 11.8. The van der Waals surface area contributed by atoms with Gasteiger partial charge in [-0.3, -0.25) is 4.79 Å². The van der Waals surface area contributed by atoms with Gasteiger partial charge in [-0.1, -0.05) is 0 Å². The average Bonchev–Trinajstić information content (AvgIpc) is 2.93. The van der Waals surface area contributed by atoms with Crippen LogP contribution in [0, 0.1) is 6.92 Å². The highest BCUT2D eigenvalue weighted by Crippen LogP contribution is 2.26. The van der Waals surface area contributed by atoms with Crippen LogP contribution in [0.3, 0.4) is 0 Å². The van der Waals surface area contributed by atoms with Crippen LogP contribution in [0.2, 0.25) is 0 Å². The minimum Gasteiger partial charge on any atom is -0.338 e. The number of fused-ring (bicyclic) bond motifs is 1. The van der Waals surface area contributed by atoms with Crippen LogP contribution in [0.1, 0.15) is 23.5 Å². The van der Waals surface area contributed by atoms with Gasteiger partial charge in [0.25, 0.3) is 0 Å². The van der Waals surface area contributed by atoms with Gasteiger partial charge in [0.05, 0.1) is 5.01 Å². The first kappa shape index (κ1) is 11.2. The predicted octanol–water partition coefficient (Wildman–Crippen LogP) is 0.957. The highest BCUT2D eigenvalue weighted by atomic mass is 32.1. The molecule has 3 rings (SSSR count). The SMILES string of the molecule is Cc1csc(CCN2C(=O)C[C@H]3NCC[C@H]32)n1. The number of aromatic nitrogens is 1. The number of amides is 1. The monoisotopic (exact) mass is 251 g/mol. The van der Waals surface area contributed by atoms with E-state index in [1.54, 1.807) is 11.3 Å². The average molecular weight is 251 g/mol. The zero-order valence-electron chi connectivity index (χ0n) is 9.98. The molecule has 17 heavy (non-hydrogen) atoms. The molecule has 2 fully saturated rings. The number of nitrogens with zero attached hydrogens (tertiary/aromatic N) is 2. The molecule has 1 aromatic rings. The minimum absolute atomic E-state index is 0.306. The first-order chi connectivity index (χ1) is 8.24. The normalized spacial score (nSPS) is 27.8. The second kappa shape index (κ2) is 4.38. The van der Waals surface area contributed by atoms with Gasteiger partial charge in [0, 0.05) is 42.5 Å². The summed E-state index contributed by atoms with van der Waals surface area (Å²) in [6.45, 7) is 3.89. The Morgan fingerprint density at radius 2 is 2.53 bits per heavy atom. The molecule has 0 bridgehead atoms. The summed E-state index contributed by atoms with van der Waals surface area (Å²) >= 11 is 1.69. The highest BCUT2D eigenvalue weighted by Gasteiger charge is 2.41. The van der Waals surface area contributed by atoms with E-state index in [9.17, 15) is 4.79 Å². The van der Waals surface area contributed by atoms with Gasteiger partial charge in [0.15, 0.2) is 0 Å². The fourth-order valence-corrected chi connectivity index (χ4v) is 3.61. The number of nitrogens with one attached hydrogen (secondary N) is 1. The maximum Gasteiger partial charge on any atom is 0.224 e. The maximum atomic E-state index is 11.9. The molecule has 0 radical (unpaired) electrons. The van der Waals surface area contributed by atoms with Gasteiger partial charge >= 0.3 is 0 Å². The molecule has 92 valence electrons. The van der Waals surface area contributed by atoms with E-state index in [1.165, 1.54) is 0 Å². The van der Waals surface area contributed by atoms with E-state index < -0.39 is 0 Å². The lowest BCUT2D eigenvalue weighted by Gasteiger charge is -2.22. The van der Waals surface area contributed by atoms with E-state index >= 15 is 0 Å². The summed E-state index contributed by atoms with van der Waals surface area (Å²) in [6.07, 6.45) is 2.68. The lowest BCUT2D eigenvalue weighted by Crippen LogP contribution is -2.37. The Morgan fingerprint density at radius 3 is 3.29 bits per heavy atom. The van der Waals surface area contributed by atoms with Crippen molar-refractivity contribution in [3.05, 3.63) is 16.1 Å². The lowest BCUT2D eigenvalue weighted by molar-refractivity contribution is -0.129. The van der Waals surface area contributed by atoms with Crippen molar-refractivity contribution in [2.24, 2.45) is 0 Å². The quantitative estimate of drug-likeness (QED) is 0.870. The molecule has 4 nitrogen and oxygen atoms in total. The molecule has 3 heterocycles. The lowest BCUT2D eigenvalue weighted by atomic mass is 10.1. The third-order valence-corrected chi connectivity index (χ3v) is 4.69. The third kappa shape index (κ3) is 2.09. The Bertz CT molecular complexity index is 431. The number of rotatable bonds is 3. The van der Waals surface area contributed by atoms with Crippen LogP contribution in [0.15, 0.2) is 5.38 Å². The summed E-state index contributed by atoms with van der Waals surface area (Å²) in [7, 11) is 0. The third-order valence-electron chi connectivity index (χ3n) is 3.66. The van der Waals surface area contributed by atoms with E-state index in [2.05, 4.69) is 20.6 Å². The van der Waals surface area contributed by atoms with Crippen molar-refractivity contribution in [3.8, 4) is 0 Å². The molecule has 5 heteroatoms. The predicted molar refractivity (Wildman–Crippen MR) is 67.1 cm³/mol. The van der Waals surface area contributed by atoms with Gasteiger partial charge in [-0.25, -0.2) is 4.98 Å². The topological polar surface area (TPSA) is 45.2 Å². The van der Waals surface area contributed by atoms with Crippen molar-refractivity contribution in [2.45, 2.75) is 38.3 Å². The Labute approximate surface area is 105 Å². The maximum absolute atomic E-state index is 11.9. The van der Waals surface area contributed by atoms with E-state index in [0.29, 0.717) is 24.4 Å². The molecule has 0 saturated carbocycles. The largest absolute Gasteiger partial charge is 0.338 e. The van der Waals surface area contributed by atoms with Crippen molar-refractivity contribution < 1.29 is 4.79 Å². The van der Waals surface area contributed by atoms with Crippen molar-refractivity contribution >= 4 is 17.2 Å². The minimum atomic E-state index is 0.306. The van der Waals surface area contributed by atoms with Crippen LogP contribution in [0.5, 0.6) is 0 Å². The smallest absolute Gasteiger partial charge is 0.224 e. The van der Waals surface area contributed by atoms with E-state index in [0.717, 1.165) is 36.6 Å². The van der Waals surface area contributed by atoms with Crippen molar-refractivity contribution in [3.63, 3.8) is 0 Å². The number of carbonyl (C=O) groups is 1. The van der Waals surface area contributed by atoms with Crippen molar-refractivity contribution in [1.29, 1.82) is 0 Å². The van der Waals surface area contributed by atoms with E-state index in [1.807, 2.05) is 6.92 Å². The summed E-state index contributed by atoms with van der Waals surface area (Å²) in [4.78, 5) is 18.4. The van der Waals surface area contributed by atoms with Gasteiger partial charge in [0.1, 0.15) is 0 Å². The molecule has 2 atom stereocenters. The molecular weight excluding hydrogens is 234 g/mol. The van der Waals surface area contributed by atoms with E-state index in [-0.39, 0.29) is 0 Å². The number of aryl methyl sites for hydroxylation is 1. The fourth-order valence-electron chi connectivity index (χ4n) is 2.85. The van der Waals surface area contributed by atoms with E-state index in [4.69, 9.17) is 0 Å². The first-order valence-corrected chi connectivity index (χ1v) is 7.06. The molecule has 0 spiro atoms. The number of hydrogen-bond donors (Lipinski definition) is 1. The van der Waals surface area contributed by atoms with Crippen LogP contribution in [0.25, 0.3) is 0 Å². The van der Waals surface area contributed by atoms with Gasteiger partial charge in [-0.15, -0.1) is 11.3 Å².